The molecule has 2 aromatic rings. The molecule has 0 radical (unpaired) electrons. The molecule has 17 heavy (non-hydrogen) atoms. The Morgan fingerprint density at radius 3 is 2.88 bits per heavy atom. The standard InChI is InChI=1S/C12H12N2O3/c1-8-6-14-11(17-8)7-13-10-5-3-2-4-9(10)12(15)16/h2-6,13H,7H2,1H3,(H,15,16). The highest BCUT2D eigenvalue weighted by Crippen LogP contribution is 2.16. The summed E-state index contributed by atoms with van der Waals surface area (Å²) in [6, 6.07) is 6.71. The van der Waals surface area contributed by atoms with Gasteiger partial charge in [-0.05, 0) is 19.1 Å². The molecule has 0 aliphatic carbocycles. The number of carboxylic acids is 1. The van der Waals surface area contributed by atoms with Crippen molar-refractivity contribution >= 4 is 11.7 Å². The quantitative estimate of drug-likeness (QED) is 0.845. The Hall–Kier alpha value is -2.30. The molecule has 2 rings (SSSR count). The summed E-state index contributed by atoms with van der Waals surface area (Å²) in [6.45, 7) is 2.17. The monoisotopic (exact) mass is 232 g/mol. The van der Waals surface area contributed by atoms with E-state index in [1.807, 2.05) is 6.92 Å². The van der Waals surface area contributed by atoms with Gasteiger partial charge in [0.2, 0.25) is 5.89 Å². The van der Waals surface area contributed by atoms with Gasteiger partial charge in [-0.2, -0.15) is 0 Å². The van der Waals surface area contributed by atoms with Gasteiger partial charge in [0.05, 0.1) is 18.3 Å². The van der Waals surface area contributed by atoms with E-state index in [1.54, 1.807) is 30.5 Å². The van der Waals surface area contributed by atoms with Crippen LogP contribution in [0.3, 0.4) is 0 Å². The zero-order valence-electron chi connectivity index (χ0n) is 9.30. The third-order valence-electron chi connectivity index (χ3n) is 2.26. The van der Waals surface area contributed by atoms with Gasteiger partial charge in [-0.3, -0.25) is 0 Å². The van der Waals surface area contributed by atoms with Gasteiger partial charge in [0, 0.05) is 5.69 Å². The summed E-state index contributed by atoms with van der Waals surface area (Å²) in [5, 5.41) is 12.0. The summed E-state index contributed by atoms with van der Waals surface area (Å²) >= 11 is 0. The minimum atomic E-state index is -0.961. The molecule has 0 saturated heterocycles. The zero-order valence-corrected chi connectivity index (χ0v) is 9.30. The van der Waals surface area contributed by atoms with Crippen molar-refractivity contribution in [2.75, 3.05) is 5.32 Å². The fourth-order valence-electron chi connectivity index (χ4n) is 1.48. The molecule has 0 bridgehead atoms. The van der Waals surface area contributed by atoms with E-state index in [2.05, 4.69) is 10.3 Å². The van der Waals surface area contributed by atoms with Crippen LogP contribution in [0, 0.1) is 6.92 Å². The molecule has 5 nitrogen and oxygen atoms in total. The first kappa shape index (κ1) is 11.2. The maximum Gasteiger partial charge on any atom is 0.337 e. The summed E-state index contributed by atoms with van der Waals surface area (Å²) in [4.78, 5) is 15.0. The van der Waals surface area contributed by atoms with E-state index in [0.717, 1.165) is 5.76 Å². The predicted octanol–water partition coefficient (Wildman–Crippen LogP) is 2.29. The second-order valence-electron chi connectivity index (χ2n) is 3.57. The number of carbonyl (C=O) groups is 1. The number of hydrogen-bond donors (Lipinski definition) is 2. The molecule has 0 aliphatic rings. The van der Waals surface area contributed by atoms with E-state index in [0.29, 0.717) is 18.1 Å². The number of aromatic carboxylic acids is 1. The second-order valence-corrected chi connectivity index (χ2v) is 3.57. The molecule has 0 saturated carbocycles. The van der Waals surface area contributed by atoms with E-state index in [9.17, 15) is 4.79 Å². The van der Waals surface area contributed by atoms with Crippen LogP contribution in [-0.2, 0) is 6.54 Å². The number of carboxylic acid groups (broad SMARTS) is 1. The molecule has 0 unspecified atom stereocenters. The first-order valence-electron chi connectivity index (χ1n) is 5.14. The first-order valence-corrected chi connectivity index (χ1v) is 5.14. The highest BCUT2D eigenvalue weighted by Gasteiger charge is 2.09. The minimum Gasteiger partial charge on any atom is -0.478 e. The Bertz CT molecular complexity index is 534. The third kappa shape index (κ3) is 2.63. The Morgan fingerprint density at radius 1 is 1.47 bits per heavy atom. The Kier molecular flexibility index (Phi) is 3.09. The number of aryl methyl sites for hydroxylation is 1. The summed E-state index contributed by atoms with van der Waals surface area (Å²) in [5.74, 6) is 0.299. The Labute approximate surface area is 98.1 Å². The number of benzene rings is 1. The molecular weight excluding hydrogens is 220 g/mol. The van der Waals surface area contributed by atoms with Crippen molar-refractivity contribution in [3.8, 4) is 0 Å². The lowest BCUT2D eigenvalue weighted by Gasteiger charge is -2.06. The van der Waals surface area contributed by atoms with Gasteiger partial charge in [0.1, 0.15) is 5.76 Å². The number of para-hydroxylation sites is 1. The summed E-state index contributed by atoms with van der Waals surface area (Å²) in [7, 11) is 0. The number of rotatable bonds is 4. The van der Waals surface area contributed by atoms with Crippen LogP contribution in [0.4, 0.5) is 5.69 Å². The third-order valence-corrected chi connectivity index (χ3v) is 2.26. The molecule has 1 aromatic heterocycles. The number of oxazole rings is 1. The highest BCUT2D eigenvalue weighted by atomic mass is 16.4. The first-order chi connectivity index (χ1) is 8.16. The Balaban J connectivity index is 2.11. The van der Waals surface area contributed by atoms with E-state index >= 15 is 0 Å². The topological polar surface area (TPSA) is 75.4 Å². The Morgan fingerprint density at radius 2 is 2.24 bits per heavy atom. The molecular formula is C12H12N2O3. The molecule has 88 valence electrons. The largest absolute Gasteiger partial charge is 0.478 e. The number of nitrogens with zero attached hydrogens (tertiary/aromatic N) is 1. The van der Waals surface area contributed by atoms with E-state index < -0.39 is 5.97 Å². The number of nitrogens with one attached hydrogen (secondary N) is 1. The van der Waals surface area contributed by atoms with Crippen LogP contribution in [0.25, 0.3) is 0 Å². The van der Waals surface area contributed by atoms with E-state index in [1.165, 1.54) is 0 Å². The van der Waals surface area contributed by atoms with Crippen LogP contribution < -0.4 is 5.32 Å². The number of aromatic nitrogens is 1. The van der Waals surface area contributed by atoms with E-state index in [4.69, 9.17) is 9.52 Å². The van der Waals surface area contributed by atoms with Crippen LogP contribution in [0.2, 0.25) is 0 Å². The summed E-state index contributed by atoms with van der Waals surface area (Å²) < 4.78 is 5.28. The van der Waals surface area contributed by atoms with Crippen LogP contribution >= 0.6 is 0 Å². The number of anilines is 1. The minimum absolute atomic E-state index is 0.232. The lowest BCUT2D eigenvalue weighted by molar-refractivity contribution is 0.0698. The maximum atomic E-state index is 11.0. The van der Waals surface area contributed by atoms with Crippen molar-refractivity contribution in [3.05, 3.63) is 47.7 Å². The van der Waals surface area contributed by atoms with Gasteiger partial charge in [-0.25, -0.2) is 9.78 Å². The average molecular weight is 232 g/mol. The molecule has 0 amide bonds. The lowest BCUT2D eigenvalue weighted by Crippen LogP contribution is -2.06. The van der Waals surface area contributed by atoms with Crippen molar-refractivity contribution in [2.24, 2.45) is 0 Å². The predicted molar refractivity (Wildman–Crippen MR) is 62.0 cm³/mol. The fraction of sp³-hybridized carbons (Fsp3) is 0.167. The van der Waals surface area contributed by atoms with Gasteiger partial charge in [0.25, 0.3) is 0 Å². The second kappa shape index (κ2) is 4.69. The zero-order chi connectivity index (χ0) is 12.3. The van der Waals surface area contributed by atoms with Crippen molar-refractivity contribution < 1.29 is 14.3 Å². The van der Waals surface area contributed by atoms with E-state index in [-0.39, 0.29) is 5.56 Å². The van der Waals surface area contributed by atoms with Crippen molar-refractivity contribution in [1.29, 1.82) is 0 Å². The molecule has 0 aliphatic heterocycles. The molecule has 0 spiro atoms. The molecule has 1 heterocycles. The smallest absolute Gasteiger partial charge is 0.337 e. The fourth-order valence-corrected chi connectivity index (χ4v) is 1.48. The normalized spacial score (nSPS) is 10.2. The van der Waals surface area contributed by atoms with Crippen molar-refractivity contribution in [3.63, 3.8) is 0 Å². The molecule has 0 atom stereocenters. The molecule has 1 aromatic carbocycles. The van der Waals surface area contributed by atoms with Gasteiger partial charge in [-0.1, -0.05) is 12.1 Å². The van der Waals surface area contributed by atoms with Crippen LogP contribution in [0.1, 0.15) is 22.0 Å². The summed E-state index contributed by atoms with van der Waals surface area (Å²) in [5.41, 5.74) is 0.784. The molecule has 5 heteroatoms. The lowest BCUT2D eigenvalue weighted by atomic mass is 10.2. The van der Waals surface area contributed by atoms with Crippen LogP contribution in [0.15, 0.2) is 34.9 Å². The van der Waals surface area contributed by atoms with Gasteiger partial charge in [-0.15, -0.1) is 0 Å². The number of hydrogen-bond acceptors (Lipinski definition) is 4. The SMILES string of the molecule is Cc1cnc(CNc2ccccc2C(=O)O)o1. The van der Waals surface area contributed by atoms with Crippen molar-refractivity contribution in [2.45, 2.75) is 13.5 Å². The maximum absolute atomic E-state index is 11.0. The van der Waals surface area contributed by atoms with Crippen molar-refractivity contribution in [1.82, 2.24) is 4.98 Å². The molecule has 0 fully saturated rings. The average Bonchev–Trinajstić information content (AvgIpc) is 2.73. The molecule has 2 N–H and O–H groups in total. The highest BCUT2D eigenvalue weighted by molar-refractivity contribution is 5.94. The van der Waals surface area contributed by atoms with Crippen LogP contribution in [0.5, 0.6) is 0 Å². The van der Waals surface area contributed by atoms with Gasteiger partial charge in [0.15, 0.2) is 0 Å². The van der Waals surface area contributed by atoms with Gasteiger partial charge < -0.3 is 14.8 Å². The van der Waals surface area contributed by atoms with Gasteiger partial charge >= 0.3 is 5.97 Å². The van der Waals surface area contributed by atoms with Crippen LogP contribution in [-0.4, -0.2) is 16.1 Å². The summed E-state index contributed by atoms with van der Waals surface area (Å²) in [6.07, 6.45) is 1.63.